The lowest BCUT2D eigenvalue weighted by atomic mass is 9.93. The SMILES string of the molecule is COc1cc(OC)cc(N2C(=N)C(c3nc4ccccc4[nH]3)=C(O)[C@@]2(C)CCNC(C)=O)c1. The molecule has 4 rings (SSSR count). The number of amidine groups is 1. The topological polar surface area (TPSA) is 124 Å². The Morgan fingerprint density at radius 2 is 1.88 bits per heavy atom. The van der Waals surface area contributed by atoms with Gasteiger partial charge in [0.25, 0.3) is 0 Å². The molecule has 0 unspecified atom stereocenters. The minimum absolute atomic E-state index is 0.00121. The first-order chi connectivity index (χ1) is 15.8. The summed E-state index contributed by atoms with van der Waals surface area (Å²) in [4.78, 5) is 21.0. The van der Waals surface area contributed by atoms with Gasteiger partial charge in [-0.15, -0.1) is 0 Å². The van der Waals surface area contributed by atoms with Crippen molar-refractivity contribution < 1.29 is 19.4 Å². The summed E-state index contributed by atoms with van der Waals surface area (Å²) in [5, 5.41) is 23.3. The molecule has 1 amide bonds. The number of aliphatic hydroxyl groups is 1. The van der Waals surface area contributed by atoms with Crippen LogP contribution in [0.15, 0.2) is 48.2 Å². The summed E-state index contributed by atoms with van der Waals surface area (Å²) in [5.74, 6) is 1.42. The Balaban J connectivity index is 1.85. The molecule has 1 atom stereocenters. The molecule has 4 N–H and O–H groups in total. The number of H-pyrrole nitrogens is 1. The zero-order valence-corrected chi connectivity index (χ0v) is 19.0. The number of aromatic nitrogens is 2. The number of imidazole rings is 1. The number of amides is 1. The van der Waals surface area contributed by atoms with Gasteiger partial charge in [-0.1, -0.05) is 12.1 Å². The van der Waals surface area contributed by atoms with Crippen molar-refractivity contribution >= 4 is 34.0 Å². The van der Waals surface area contributed by atoms with E-state index in [0.717, 1.165) is 11.0 Å². The third kappa shape index (κ3) is 3.86. The molecule has 2 aromatic carbocycles. The van der Waals surface area contributed by atoms with Crippen molar-refractivity contribution in [1.29, 1.82) is 5.41 Å². The van der Waals surface area contributed by atoms with E-state index in [0.29, 0.717) is 41.5 Å². The number of carbonyl (C=O) groups is 1. The molecule has 9 heteroatoms. The number of rotatable bonds is 7. The summed E-state index contributed by atoms with van der Waals surface area (Å²) in [6, 6.07) is 12.8. The molecule has 0 aliphatic carbocycles. The van der Waals surface area contributed by atoms with Gasteiger partial charge in [-0.05, 0) is 25.5 Å². The Morgan fingerprint density at radius 1 is 1.21 bits per heavy atom. The summed E-state index contributed by atoms with van der Waals surface area (Å²) >= 11 is 0. The smallest absolute Gasteiger partial charge is 0.216 e. The van der Waals surface area contributed by atoms with Gasteiger partial charge in [-0.2, -0.15) is 0 Å². The number of aromatic amines is 1. The molecule has 172 valence electrons. The molecule has 0 saturated carbocycles. The molecule has 0 bridgehead atoms. The van der Waals surface area contributed by atoms with Gasteiger partial charge in [0.1, 0.15) is 34.5 Å². The fourth-order valence-corrected chi connectivity index (χ4v) is 4.19. The van der Waals surface area contributed by atoms with Crippen LogP contribution in [-0.2, 0) is 4.79 Å². The third-order valence-corrected chi connectivity index (χ3v) is 5.91. The van der Waals surface area contributed by atoms with E-state index in [1.54, 1.807) is 37.3 Å². The maximum Gasteiger partial charge on any atom is 0.216 e. The third-order valence-electron chi connectivity index (χ3n) is 5.91. The van der Waals surface area contributed by atoms with Crippen LogP contribution in [0.2, 0.25) is 0 Å². The van der Waals surface area contributed by atoms with Gasteiger partial charge < -0.3 is 29.8 Å². The molecule has 3 aromatic rings. The second-order valence-corrected chi connectivity index (χ2v) is 8.09. The van der Waals surface area contributed by atoms with Crippen LogP contribution in [0.5, 0.6) is 11.5 Å². The van der Waals surface area contributed by atoms with Crippen molar-refractivity contribution in [3.05, 3.63) is 54.0 Å². The molecule has 1 aliphatic heterocycles. The highest BCUT2D eigenvalue weighted by Crippen LogP contribution is 2.45. The summed E-state index contributed by atoms with van der Waals surface area (Å²) in [7, 11) is 3.11. The van der Waals surface area contributed by atoms with Gasteiger partial charge in [0.15, 0.2) is 0 Å². The van der Waals surface area contributed by atoms with Crippen molar-refractivity contribution in [2.75, 3.05) is 25.7 Å². The van der Waals surface area contributed by atoms with Crippen molar-refractivity contribution in [3.63, 3.8) is 0 Å². The Bertz CT molecular complexity index is 1210. The number of para-hydroxylation sites is 2. The number of fused-ring (bicyclic) bond motifs is 1. The van der Waals surface area contributed by atoms with Crippen LogP contribution in [-0.4, -0.2) is 53.1 Å². The summed E-state index contributed by atoms with van der Waals surface area (Å²) in [6.07, 6.45) is 0.351. The van der Waals surface area contributed by atoms with E-state index in [2.05, 4.69) is 15.3 Å². The minimum Gasteiger partial charge on any atom is -0.509 e. The van der Waals surface area contributed by atoms with Gasteiger partial charge in [0, 0.05) is 31.7 Å². The zero-order valence-electron chi connectivity index (χ0n) is 19.0. The molecular weight excluding hydrogens is 422 g/mol. The first-order valence-electron chi connectivity index (χ1n) is 10.5. The number of benzene rings is 2. The number of carbonyl (C=O) groups excluding carboxylic acids is 1. The highest BCUT2D eigenvalue weighted by Gasteiger charge is 2.49. The number of aliphatic hydroxyl groups excluding tert-OH is 1. The average Bonchev–Trinajstić information content (AvgIpc) is 3.29. The highest BCUT2D eigenvalue weighted by molar-refractivity contribution is 6.31. The maximum atomic E-state index is 11.5. The van der Waals surface area contributed by atoms with E-state index >= 15 is 0 Å². The lowest BCUT2D eigenvalue weighted by molar-refractivity contribution is -0.119. The number of ether oxygens (including phenoxy) is 2. The van der Waals surface area contributed by atoms with Gasteiger partial charge in [0.2, 0.25) is 5.91 Å². The second-order valence-electron chi connectivity index (χ2n) is 8.09. The Labute approximate surface area is 191 Å². The van der Waals surface area contributed by atoms with E-state index in [1.807, 2.05) is 31.2 Å². The molecule has 0 radical (unpaired) electrons. The number of hydrogen-bond acceptors (Lipinski definition) is 6. The lowest BCUT2D eigenvalue weighted by Crippen LogP contribution is -2.48. The van der Waals surface area contributed by atoms with Crippen LogP contribution in [0.3, 0.4) is 0 Å². The second kappa shape index (κ2) is 8.50. The molecule has 0 fully saturated rings. The van der Waals surface area contributed by atoms with E-state index < -0.39 is 5.54 Å². The van der Waals surface area contributed by atoms with E-state index in [4.69, 9.17) is 14.9 Å². The largest absolute Gasteiger partial charge is 0.509 e. The Hall–Kier alpha value is -4.01. The first-order valence-corrected chi connectivity index (χ1v) is 10.5. The standard InChI is InChI=1S/C24H27N5O4/c1-14(30)26-10-9-24(2)21(31)20(23-27-18-7-5-6-8-19(18)28-23)22(25)29(24)15-11-16(32-3)13-17(12-15)33-4/h5-8,11-13,25,31H,9-10H2,1-4H3,(H,26,30)(H,27,28)/t24-/m1/s1. The van der Waals surface area contributed by atoms with Gasteiger partial charge in [-0.25, -0.2) is 4.98 Å². The molecule has 0 spiro atoms. The first kappa shape index (κ1) is 22.2. The van der Waals surface area contributed by atoms with Crippen molar-refractivity contribution in [1.82, 2.24) is 15.3 Å². The zero-order chi connectivity index (χ0) is 23.8. The Kier molecular flexibility index (Phi) is 5.71. The van der Waals surface area contributed by atoms with Crippen LogP contribution >= 0.6 is 0 Å². The van der Waals surface area contributed by atoms with Gasteiger partial charge in [-0.3, -0.25) is 10.2 Å². The molecule has 0 saturated heterocycles. The lowest BCUT2D eigenvalue weighted by Gasteiger charge is -2.37. The van der Waals surface area contributed by atoms with Crippen LogP contribution in [0.25, 0.3) is 16.6 Å². The van der Waals surface area contributed by atoms with Crippen LogP contribution in [0, 0.1) is 5.41 Å². The Morgan fingerprint density at radius 3 is 2.48 bits per heavy atom. The van der Waals surface area contributed by atoms with Crippen molar-refractivity contribution in [2.45, 2.75) is 25.8 Å². The maximum absolute atomic E-state index is 11.5. The molecule has 2 heterocycles. The quantitative estimate of drug-likeness (QED) is 0.437. The molecule has 33 heavy (non-hydrogen) atoms. The number of methoxy groups -OCH3 is 2. The van der Waals surface area contributed by atoms with E-state index in [9.17, 15) is 9.90 Å². The van der Waals surface area contributed by atoms with Crippen LogP contribution in [0.1, 0.15) is 26.1 Å². The summed E-state index contributed by atoms with van der Waals surface area (Å²) in [6.45, 7) is 3.59. The summed E-state index contributed by atoms with van der Waals surface area (Å²) < 4.78 is 10.8. The number of nitrogens with zero attached hydrogens (tertiary/aromatic N) is 2. The van der Waals surface area contributed by atoms with Crippen molar-refractivity contribution in [3.8, 4) is 11.5 Å². The normalized spacial score (nSPS) is 18.2. The van der Waals surface area contributed by atoms with Crippen LogP contribution in [0.4, 0.5) is 5.69 Å². The van der Waals surface area contributed by atoms with Crippen LogP contribution < -0.4 is 19.7 Å². The fraction of sp³-hybridized carbons (Fsp3) is 0.292. The fourth-order valence-electron chi connectivity index (χ4n) is 4.19. The molecule has 1 aliphatic rings. The minimum atomic E-state index is -1.02. The molecular formula is C24H27N5O4. The number of anilines is 1. The number of hydrogen-bond donors (Lipinski definition) is 4. The van der Waals surface area contributed by atoms with Gasteiger partial charge >= 0.3 is 0 Å². The van der Waals surface area contributed by atoms with Crippen molar-refractivity contribution in [2.24, 2.45) is 0 Å². The average molecular weight is 450 g/mol. The predicted octanol–water partition coefficient (Wildman–Crippen LogP) is 3.63. The molecule has 9 nitrogen and oxygen atoms in total. The van der Waals surface area contributed by atoms with E-state index in [-0.39, 0.29) is 17.5 Å². The van der Waals surface area contributed by atoms with E-state index in [1.165, 1.54) is 6.92 Å². The molecule has 1 aromatic heterocycles. The van der Waals surface area contributed by atoms with Gasteiger partial charge in [0.05, 0.1) is 36.5 Å². The highest BCUT2D eigenvalue weighted by atomic mass is 16.5. The monoisotopic (exact) mass is 449 g/mol. The summed E-state index contributed by atoms with van der Waals surface area (Å²) in [5.41, 5.74) is 1.44. The number of nitrogens with one attached hydrogen (secondary N) is 3. The predicted molar refractivity (Wildman–Crippen MR) is 127 cm³/mol.